The molecule has 1 saturated heterocycles. The number of nitrogens with zero attached hydrogens (tertiary/aromatic N) is 1. The summed E-state index contributed by atoms with van der Waals surface area (Å²) in [6.07, 6.45) is 6.90. The van der Waals surface area contributed by atoms with Crippen LogP contribution in [0.4, 0.5) is 0 Å². The molecule has 1 aromatic rings. The van der Waals surface area contributed by atoms with Gasteiger partial charge in [-0.1, -0.05) is 0 Å². The first-order valence-electron chi connectivity index (χ1n) is 5.90. The van der Waals surface area contributed by atoms with Crippen LogP contribution in [-0.2, 0) is 4.74 Å². The fourth-order valence-electron chi connectivity index (χ4n) is 2.13. The predicted octanol–water partition coefficient (Wildman–Crippen LogP) is 1.16. The van der Waals surface area contributed by atoms with E-state index in [9.17, 15) is 0 Å². The Labute approximate surface area is 101 Å². The summed E-state index contributed by atoms with van der Waals surface area (Å²) in [5.74, 6) is 6.35. The van der Waals surface area contributed by atoms with E-state index >= 15 is 0 Å². The van der Waals surface area contributed by atoms with Gasteiger partial charge in [0.1, 0.15) is 5.75 Å². The number of nitrogens with two attached hydrogens (primary N) is 1. The first-order valence-corrected chi connectivity index (χ1v) is 5.90. The predicted molar refractivity (Wildman–Crippen MR) is 64.4 cm³/mol. The highest BCUT2D eigenvalue weighted by atomic mass is 16.5. The van der Waals surface area contributed by atoms with Gasteiger partial charge in [-0.3, -0.25) is 16.3 Å². The van der Waals surface area contributed by atoms with Gasteiger partial charge in [0.2, 0.25) is 0 Å². The van der Waals surface area contributed by atoms with Crippen LogP contribution in [0.5, 0.6) is 5.75 Å². The molecule has 0 saturated carbocycles. The Hall–Kier alpha value is -1.17. The van der Waals surface area contributed by atoms with Crippen molar-refractivity contribution in [1.82, 2.24) is 10.4 Å². The zero-order valence-electron chi connectivity index (χ0n) is 10.1. The summed E-state index contributed by atoms with van der Waals surface area (Å²) in [5, 5.41) is 0. The Kier molecular flexibility index (Phi) is 4.30. The molecule has 0 amide bonds. The zero-order chi connectivity index (χ0) is 12.1. The van der Waals surface area contributed by atoms with E-state index in [1.165, 1.54) is 0 Å². The van der Waals surface area contributed by atoms with Crippen molar-refractivity contribution in [2.24, 2.45) is 5.84 Å². The maximum Gasteiger partial charge on any atom is 0.137 e. The van der Waals surface area contributed by atoms with Gasteiger partial charge in [0, 0.05) is 12.8 Å². The lowest BCUT2D eigenvalue weighted by Gasteiger charge is -2.19. The minimum absolute atomic E-state index is 0.0562. The van der Waals surface area contributed by atoms with Gasteiger partial charge in [-0.2, -0.15) is 0 Å². The molecular formula is C12H19N3O2. The van der Waals surface area contributed by atoms with E-state index < -0.39 is 0 Å². The van der Waals surface area contributed by atoms with Crippen LogP contribution in [0.2, 0.25) is 0 Å². The Morgan fingerprint density at radius 1 is 1.65 bits per heavy atom. The Morgan fingerprint density at radius 2 is 2.53 bits per heavy atom. The first kappa shape index (κ1) is 12.3. The third-order valence-electron chi connectivity index (χ3n) is 3.10. The quantitative estimate of drug-likeness (QED) is 0.594. The van der Waals surface area contributed by atoms with Gasteiger partial charge in [0.25, 0.3) is 0 Å². The van der Waals surface area contributed by atoms with E-state index in [1.54, 1.807) is 13.3 Å². The van der Waals surface area contributed by atoms with Gasteiger partial charge in [0.15, 0.2) is 0 Å². The maximum absolute atomic E-state index is 5.62. The number of hydrogen-bond donors (Lipinski definition) is 2. The van der Waals surface area contributed by atoms with Crippen LogP contribution >= 0.6 is 0 Å². The second-order valence-corrected chi connectivity index (χ2v) is 4.25. The normalized spacial score (nSPS) is 21.4. The average Bonchev–Trinajstić information content (AvgIpc) is 2.89. The molecule has 2 atom stereocenters. The third-order valence-corrected chi connectivity index (χ3v) is 3.10. The van der Waals surface area contributed by atoms with Gasteiger partial charge >= 0.3 is 0 Å². The second-order valence-electron chi connectivity index (χ2n) is 4.25. The highest BCUT2D eigenvalue weighted by Crippen LogP contribution is 2.25. The molecule has 3 N–H and O–H groups in total. The van der Waals surface area contributed by atoms with Crippen molar-refractivity contribution >= 4 is 0 Å². The zero-order valence-corrected chi connectivity index (χ0v) is 10.1. The summed E-state index contributed by atoms with van der Waals surface area (Å²) in [6.45, 7) is 0.859. The number of hydrazine groups is 1. The van der Waals surface area contributed by atoms with Crippen LogP contribution in [0.3, 0.4) is 0 Å². The summed E-state index contributed by atoms with van der Waals surface area (Å²) in [4.78, 5) is 4.14. The molecule has 94 valence electrons. The van der Waals surface area contributed by atoms with E-state index in [4.69, 9.17) is 15.3 Å². The lowest BCUT2D eigenvalue weighted by atomic mass is 10.0. The van der Waals surface area contributed by atoms with Gasteiger partial charge < -0.3 is 9.47 Å². The van der Waals surface area contributed by atoms with Crippen LogP contribution in [-0.4, -0.2) is 24.8 Å². The summed E-state index contributed by atoms with van der Waals surface area (Å²) in [7, 11) is 1.63. The minimum Gasteiger partial charge on any atom is -0.495 e. The summed E-state index contributed by atoms with van der Waals surface area (Å²) in [6, 6.07) is 2.01. The average molecular weight is 237 g/mol. The Balaban J connectivity index is 2.04. The Morgan fingerprint density at radius 3 is 3.18 bits per heavy atom. The molecule has 5 heteroatoms. The molecule has 1 aliphatic rings. The van der Waals surface area contributed by atoms with Crippen LogP contribution in [0.25, 0.3) is 0 Å². The molecule has 0 aromatic carbocycles. The van der Waals surface area contributed by atoms with E-state index in [-0.39, 0.29) is 6.04 Å². The van der Waals surface area contributed by atoms with Crippen molar-refractivity contribution in [2.45, 2.75) is 31.4 Å². The SMILES string of the molecule is COc1cncc(C(CC2CCCO2)NN)c1. The second kappa shape index (κ2) is 5.95. The molecule has 1 aromatic heterocycles. The molecule has 2 heterocycles. The van der Waals surface area contributed by atoms with Crippen molar-refractivity contribution in [3.63, 3.8) is 0 Å². The van der Waals surface area contributed by atoms with Gasteiger partial charge in [-0.05, 0) is 30.9 Å². The van der Waals surface area contributed by atoms with Crippen LogP contribution in [0.1, 0.15) is 30.9 Å². The molecule has 0 radical (unpaired) electrons. The van der Waals surface area contributed by atoms with Crippen molar-refractivity contribution in [1.29, 1.82) is 0 Å². The lowest BCUT2D eigenvalue weighted by Crippen LogP contribution is -2.31. The molecule has 0 aliphatic carbocycles. The number of rotatable bonds is 5. The summed E-state index contributed by atoms with van der Waals surface area (Å²) < 4.78 is 10.8. The third kappa shape index (κ3) is 3.15. The smallest absolute Gasteiger partial charge is 0.137 e. The lowest BCUT2D eigenvalue weighted by molar-refractivity contribution is 0.0945. The minimum atomic E-state index is 0.0562. The topological polar surface area (TPSA) is 69.4 Å². The van der Waals surface area contributed by atoms with Crippen LogP contribution in [0, 0.1) is 0 Å². The molecule has 1 fully saturated rings. The summed E-state index contributed by atoms with van der Waals surface area (Å²) in [5.41, 5.74) is 3.85. The molecule has 0 spiro atoms. The number of hydrogen-bond acceptors (Lipinski definition) is 5. The fourth-order valence-corrected chi connectivity index (χ4v) is 2.13. The van der Waals surface area contributed by atoms with E-state index in [0.717, 1.165) is 37.2 Å². The summed E-state index contributed by atoms with van der Waals surface area (Å²) >= 11 is 0. The highest BCUT2D eigenvalue weighted by molar-refractivity contribution is 5.25. The molecule has 2 unspecified atom stereocenters. The van der Waals surface area contributed by atoms with Crippen molar-refractivity contribution < 1.29 is 9.47 Å². The molecule has 0 bridgehead atoms. The largest absolute Gasteiger partial charge is 0.495 e. The monoisotopic (exact) mass is 237 g/mol. The van der Waals surface area contributed by atoms with Crippen molar-refractivity contribution in [3.05, 3.63) is 24.0 Å². The number of pyridine rings is 1. The standard InChI is InChI=1S/C12H19N3O2/c1-16-11-5-9(7-14-8-11)12(15-13)6-10-3-2-4-17-10/h5,7-8,10,12,15H,2-4,6,13H2,1H3. The number of ether oxygens (including phenoxy) is 2. The molecule has 17 heavy (non-hydrogen) atoms. The van der Waals surface area contributed by atoms with E-state index in [0.29, 0.717) is 6.10 Å². The number of nitrogens with one attached hydrogen (secondary N) is 1. The maximum atomic E-state index is 5.62. The first-order chi connectivity index (χ1) is 8.33. The number of aromatic nitrogens is 1. The molecule has 1 aliphatic heterocycles. The fraction of sp³-hybridized carbons (Fsp3) is 0.583. The molecular weight excluding hydrogens is 218 g/mol. The van der Waals surface area contributed by atoms with Crippen LogP contribution in [0.15, 0.2) is 18.5 Å². The number of methoxy groups -OCH3 is 1. The van der Waals surface area contributed by atoms with E-state index in [1.807, 2.05) is 12.3 Å². The van der Waals surface area contributed by atoms with Crippen LogP contribution < -0.4 is 16.0 Å². The molecule has 5 nitrogen and oxygen atoms in total. The van der Waals surface area contributed by atoms with Gasteiger partial charge in [-0.25, -0.2) is 0 Å². The Bertz CT molecular complexity index is 353. The van der Waals surface area contributed by atoms with Crippen molar-refractivity contribution in [3.8, 4) is 5.75 Å². The van der Waals surface area contributed by atoms with Gasteiger partial charge in [0.05, 0.1) is 25.5 Å². The molecule has 2 rings (SSSR count). The van der Waals surface area contributed by atoms with Gasteiger partial charge in [-0.15, -0.1) is 0 Å². The van der Waals surface area contributed by atoms with Crippen molar-refractivity contribution in [2.75, 3.05) is 13.7 Å². The van der Waals surface area contributed by atoms with E-state index in [2.05, 4.69) is 10.4 Å². The highest BCUT2D eigenvalue weighted by Gasteiger charge is 2.21.